The number of nitriles is 1. The Hall–Kier alpha value is -1.16. The largest absolute Gasteiger partial charge is 0.469 e. The molecule has 19 heavy (non-hydrogen) atoms. The molecule has 6 heteroatoms. The summed E-state index contributed by atoms with van der Waals surface area (Å²) in [5, 5.41) is 9.05. The molecule has 0 aliphatic carbocycles. The summed E-state index contributed by atoms with van der Waals surface area (Å²) in [5.74, 6) is -0.900. The van der Waals surface area contributed by atoms with E-state index in [-0.39, 0.29) is 30.3 Å². The quantitative estimate of drug-likeness (QED) is 0.697. The van der Waals surface area contributed by atoms with Gasteiger partial charge in [-0.3, -0.25) is 4.79 Å². The normalized spacial score (nSPS) is 41.4. The van der Waals surface area contributed by atoms with Crippen LogP contribution in [0.15, 0.2) is 0 Å². The molecule has 0 radical (unpaired) electrons. The van der Waals surface area contributed by atoms with Gasteiger partial charge in [-0.15, -0.1) is 0 Å². The van der Waals surface area contributed by atoms with Gasteiger partial charge in [-0.25, -0.2) is 0 Å². The number of fused-ring (bicyclic) bond motifs is 2. The first-order valence-corrected chi connectivity index (χ1v) is 6.58. The fourth-order valence-electron chi connectivity index (χ4n) is 3.70. The van der Waals surface area contributed by atoms with E-state index >= 15 is 0 Å². The maximum absolute atomic E-state index is 12.0. The SMILES string of the molecule is COC(=O)[C@H]1[C@@H]2CC[C@@](C3OCCO3)(O2)[C@@H]1CC#N. The molecule has 4 atom stereocenters. The van der Waals surface area contributed by atoms with E-state index < -0.39 is 11.9 Å². The summed E-state index contributed by atoms with van der Waals surface area (Å²) in [4.78, 5) is 12.0. The Balaban J connectivity index is 1.91. The number of carbonyl (C=O) groups excluding carboxylic acids is 1. The zero-order valence-corrected chi connectivity index (χ0v) is 10.8. The first-order chi connectivity index (χ1) is 9.23. The van der Waals surface area contributed by atoms with Crippen LogP contribution in [0.4, 0.5) is 0 Å². The molecule has 0 aromatic heterocycles. The first kappa shape index (κ1) is 12.9. The van der Waals surface area contributed by atoms with Crippen molar-refractivity contribution in [2.75, 3.05) is 20.3 Å². The van der Waals surface area contributed by atoms with Crippen LogP contribution in [-0.4, -0.2) is 44.3 Å². The van der Waals surface area contributed by atoms with Crippen LogP contribution in [0.5, 0.6) is 0 Å². The zero-order valence-electron chi connectivity index (χ0n) is 10.8. The third-order valence-corrected chi connectivity index (χ3v) is 4.46. The van der Waals surface area contributed by atoms with E-state index in [0.29, 0.717) is 13.2 Å². The molecule has 3 aliphatic rings. The second kappa shape index (κ2) is 4.75. The maximum Gasteiger partial charge on any atom is 0.311 e. The van der Waals surface area contributed by atoms with Gasteiger partial charge in [0.15, 0.2) is 6.29 Å². The molecule has 0 amide bonds. The van der Waals surface area contributed by atoms with E-state index in [0.717, 1.165) is 12.8 Å². The Morgan fingerprint density at radius 3 is 2.84 bits per heavy atom. The predicted octanol–water partition coefficient (Wildman–Crippen LogP) is 0.610. The molecule has 3 heterocycles. The molecule has 3 fully saturated rings. The number of rotatable bonds is 3. The molecular formula is C13H17NO5. The number of hydrogen-bond acceptors (Lipinski definition) is 6. The lowest BCUT2D eigenvalue weighted by atomic mass is 9.70. The summed E-state index contributed by atoms with van der Waals surface area (Å²) in [6.45, 7) is 1.06. The van der Waals surface area contributed by atoms with Gasteiger partial charge in [0, 0.05) is 12.3 Å². The maximum atomic E-state index is 12.0. The van der Waals surface area contributed by atoms with Crippen molar-refractivity contribution >= 4 is 5.97 Å². The molecule has 0 aromatic carbocycles. The lowest BCUT2D eigenvalue weighted by Crippen LogP contribution is -2.49. The minimum atomic E-state index is -0.657. The molecule has 104 valence electrons. The van der Waals surface area contributed by atoms with Gasteiger partial charge in [-0.2, -0.15) is 5.26 Å². The number of ether oxygens (including phenoxy) is 4. The van der Waals surface area contributed by atoms with Crippen molar-refractivity contribution in [2.45, 2.75) is 37.3 Å². The van der Waals surface area contributed by atoms with Crippen molar-refractivity contribution in [3.8, 4) is 6.07 Å². The van der Waals surface area contributed by atoms with Crippen molar-refractivity contribution in [3.63, 3.8) is 0 Å². The summed E-state index contributed by atoms with van der Waals surface area (Å²) in [6, 6.07) is 2.15. The van der Waals surface area contributed by atoms with Crippen LogP contribution in [0.25, 0.3) is 0 Å². The summed E-state index contributed by atoms with van der Waals surface area (Å²) in [6.07, 6.45) is 1.15. The van der Waals surface area contributed by atoms with Crippen molar-refractivity contribution < 1.29 is 23.7 Å². The van der Waals surface area contributed by atoms with Gasteiger partial charge in [0.2, 0.25) is 0 Å². The van der Waals surface area contributed by atoms with Crippen LogP contribution < -0.4 is 0 Å². The van der Waals surface area contributed by atoms with Gasteiger partial charge in [-0.05, 0) is 12.8 Å². The van der Waals surface area contributed by atoms with E-state index in [1.807, 2.05) is 0 Å². The minimum Gasteiger partial charge on any atom is -0.469 e. The standard InChI is InChI=1S/C13H17NO5/c1-16-11(15)10-8(3-5-14)13(4-2-9(10)19-13)12-17-6-7-18-12/h8-10,12H,2-4,6-7H2,1H3/t8-,9+,10-,13-/m1/s1. The lowest BCUT2D eigenvalue weighted by molar-refractivity contribution is -0.193. The van der Waals surface area contributed by atoms with Gasteiger partial charge in [0.25, 0.3) is 0 Å². The average molecular weight is 267 g/mol. The molecule has 3 saturated heterocycles. The first-order valence-electron chi connectivity index (χ1n) is 6.58. The molecule has 0 N–H and O–H groups in total. The minimum absolute atomic E-state index is 0.182. The summed E-state index contributed by atoms with van der Waals surface area (Å²) in [5.41, 5.74) is -0.657. The van der Waals surface area contributed by atoms with Gasteiger partial charge in [0.1, 0.15) is 5.60 Å². The Labute approximate surface area is 111 Å². The van der Waals surface area contributed by atoms with Gasteiger partial charge >= 0.3 is 5.97 Å². The van der Waals surface area contributed by atoms with Crippen LogP contribution in [0.3, 0.4) is 0 Å². The average Bonchev–Trinajstić information content (AvgIpc) is 3.12. The smallest absolute Gasteiger partial charge is 0.311 e. The van der Waals surface area contributed by atoms with Crippen molar-refractivity contribution in [1.29, 1.82) is 5.26 Å². The summed E-state index contributed by atoms with van der Waals surface area (Å²) < 4.78 is 22.1. The summed E-state index contributed by atoms with van der Waals surface area (Å²) >= 11 is 0. The second-order valence-corrected chi connectivity index (χ2v) is 5.24. The molecule has 3 rings (SSSR count). The van der Waals surface area contributed by atoms with Crippen molar-refractivity contribution in [3.05, 3.63) is 0 Å². The molecular weight excluding hydrogens is 250 g/mol. The topological polar surface area (TPSA) is 77.8 Å². The number of methoxy groups -OCH3 is 1. The highest BCUT2D eigenvalue weighted by atomic mass is 16.7. The Morgan fingerprint density at radius 2 is 2.21 bits per heavy atom. The zero-order chi connectivity index (χ0) is 13.5. The van der Waals surface area contributed by atoms with Crippen molar-refractivity contribution in [1.82, 2.24) is 0 Å². The highest BCUT2D eigenvalue weighted by Crippen LogP contribution is 2.55. The predicted molar refractivity (Wildman–Crippen MR) is 61.8 cm³/mol. The fourth-order valence-corrected chi connectivity index (χ4v) is 3.70. The number of hydrogen-bond donors (Lipinski definition) is 0. The Kier molecular flexibility index (Phi) is 3.21. The number of carbonyl (C=O) groups is 1. The highest BCUT2D eigenvalue weighted by Gasteiger charge is 2.66. The molecule has 2 bridgehead atoms. The highest BCUT2D eigenvalue weighted by molar-refractivity contribution is 5.74. The third kappa shape index (κ3) is 1.76. The van der Waals surface area contributed by atoms with E-state index in [1.165, 1.54) is 7.11 Å². The van der Waals surface area contributed by atoms with Gasteiger partial charge in [0.05, 0.1) is 38.4 Å². The number of nitrogens with zero attached hydrogens (tertiary/aromatic N) is 1. The molecule has 0 aromatic rings. The van der Waals surface area contributed by atoms with Crippen molar-refractivity contribution in [2.24, 2.45) is 11.8 Å². The fraction of sp³-hybridized carbons (Fsp3) is 0.846. The van der Waals surface area contributed by atoms with E-state index in [4.69, 9.17) is 24.2 Å². The van der Waals surface area contributed by atoms with Gasteiger partial charge in [-0.1, -0.05) is 0 Å². The Morgan fingerprint density at radius 1 is 1.47 bits per heavy atom. The van der Waals surface area contributed by atoms with Crippen LogP contribution in [0.1, 0.15) is 19.3 Å². The van der Waals surface area contributed by atoms with Crippen LogP contribution >= 0.6 is 0 Å². The summed E-state index contributed by atoms with van der Waals surface area (Å²) in [7, 11) is 1.37. The second-order valence-electron chi connectivity index (χ2n) is 5.24. The monoisotopic (exact) mass is 267 g/mol. The molecule has 0 saturated carbocycles. The number of esters is 1. The van der Waals surface area contributed by atoms with Crippen LogP contribution in [-0.2, 0) is 23.7 Å². The van der Waals surface area contributed by atoms with E-state index in [9.17, 15) is 4.79 Å². The molecule has 0 unspecified atom stereocenters. The molecule has 6 nitrogen and oxygen atoms in total. The Bertz CT molecular complexity index is 414. The molecule has 3 aliphatic heterocycles. The lowest BCUT2D eigenvalue weighted by Gasteiger charge is -2.37. The van der Waals surface area contributed by atoms with E-state index in [1.54, 1.807) is 0 Å². The van der Waals surface area contributed by atoms with Crippen LogP contribution in [0.2, 0.25) is 0 Å². The van der Waals surface area contributed by atoms with Gasteiger partial charge < -0.3 is 18.9 Å². The molecule has 0 spiro atoms. The van der Waals surface area contributed by atoms with Crippen LogP contribution in [0, 0.1) is 23.2 Å². The third-order valence-electron chi connectivity index (χ3n) is 4.46. The van der Waals surface area contributed by atoms with E-state index in [2.05, 4.69) is 6.07 Å².